The molecule has 0 spiro atoms. The quantitative estimate of drug-likeness (QED) is 0.297. The van der Waals surface area contributed by atoms with Crippen LogP contribution in [0.2, 0.25) is 0 Å². The third-order valence-electron chi connectivity index (χ3n) is 1.17. The first-order valence-corrected chi connectivity index (χ1v) is 4.34. The number of ether oxygens (including phenoxy) is 1. The molecular formula is C8H12ClNO3. The van der Waals surface area contributed by atoms with Crippen molar-refractivity contribution >= 4 is 24.0 Å². The van der Waals surface area contributed by atoms with Crippen LogP contribution in [-0.2, 0) is 14.3 Å². The van der Waals surface area contributed by atoms with E-state index in [0.29, 0.717) is 6.41 Å². The first kappa shape index (κ1) is 12.0. The Morgan fingerprint density at radius 2 is 2.38 bits per heavy atom. The van der Waals surface area contributed by atoms with E-state index < -0.39 is 5.97 Å². The van der Waals surface area contributed by atoms with E-state index in [2.05, 4.69) is 10.1 Å². The van der Waals surface area contributed by atoms with Gasteiger partial charge in [-0.1, -0.05) is 6.08 Å². The number of hydrogen-bond donors (Lipinski definition) is 1. The summed E-state index contributed by atoms with van der Waals surface area (Å²) in [6.45, 7) is 1.93. The van der Waals surface area contributed by atoms with Crippen LogP contribution >= 0.6 is 11.6 Å². The van der Waals surface area contributed by atoms with Crippen molar-refractivity contribution < 1.29 is 14.3 Å². The van der Waals surface area contributed by atoms with Crippen LogP contribution in [0, 0.1) is 0 Å². The predicted molar refractivity (Wildman–Crippen MR) is 49.5 cm³/mol. The number of halogens is 1. The normalized spacial score (nSPS) is 12.5. The van der Waals surface area contributed by atoms with Crippen LogP contribution in [0.15, 0.2) is 12.2 Å². The molecule has 0 saturated carbocycles. The van der Waals surface area contributed by atoms with Crippen LogP contribution in [-0.4, -0.2) is 30.9 Å². The van der Waals surface area contributed by atoms with E-state index in [1.54, 1.807) is 6.92 Å². The maximum atomic E-state index is 10.8. The second-order valence-corrected chi connectivity index (χ2v) is 2.67. The highest BCUT2D eigenvalue weighted by molar-refractivity contribution is 6.18. The highest BCUT2D eigenvalue weighted by Crippen LogP contribution is 1.87. The zero-order valence-electron chi connectivity index (χ0n) is 7.33. The van der Waals surface area contributed by atoms with Gasteiger partial charge in [-0.25, -0.2) is 4.79 Å². The molecule has 1 atom stereocenters. The smallest absolute Gasteiger partial charge is 0.330 e. The lowest BCUT2D eigenvalue weighted by molar-refractivity contribution is -0.137. The number of hydrogen-bond acceptors (Lipinski definition) is 3. The topological polar surface area (TPSA) is 55.4 Å². The summed E-state index contributed by atoms with van der Waals surface area (Å²) >= 11 is 5.30. The monoisotopic (exact) mass is 205 g/mol. The van der Waals surface area contributed by atoms with Crippen LogP contribution in [0.3, 0.4) is 0 Å². The van der Waals surface area contributed by atoms with Gasteiger partial charge in [0.1, 0.15) is 6.61 Å². The molecule has 0 radical (unpaired) electrons. The standard InChI is InChI=1S/C8H12ClNO3/c1-7(10-6-11)2-3-8(12)13-5-4-9/h2-3,6-7H,4-5H2,1H3,(H,10,11)/b3-2+. The van der Waals surface area contributed by atoms with E-state index in [1.165, 1.54) is 12.2 Å². The fraction of sp³-hybridized carbons (Fsp3) is 0.500. The molecular weight excluding hydrogens is 194 g/mol. The van der Waals surface area contributed by atoms with Crippen LogP contribution in [0.5, 0.6) is 0 Å². The first-order valence-electron chi connectivity index (χ1n) is 3.81. The molecule has 0 aromatic heterocycles. The average molecular weight is 206 g/mol. The van der Waals surface area contributed by atoms with Crippen molar-refractivity contribution in [3.63, 3.8) is 0 Å². The van der Waals surface area contributed by atoms with Crippen molar-refractivity contribution in [3.05, 3.63) is 12.2 Å². The number of esters is 1. The van der Waals surface area contributed by atoms with Crippen LogP contribution in [0.1, 0.15) is 6.92 Å². The zero-order chi connectivity index (χ0) is 10.1. The Labute approximate surface area is 81.9 Å². The molecule has 13 heavy (non-hydrogen) atoms. The largest absolute Gasteiger partial charge is 0.461 e. The van der Waals surface area contributed by atoms with Crippen molar-refractivity contribution in [2.24, 2.45) is 0 Å². The van der Waals surface area contributed by atoms with Gasteiger partial charge in [-0.05, 0) is 6.92 Å². The Morgan fingerprint density at radius 1 is 1.69 bits per heavy atom. The molecule has 0 rings (SSSR count). The van der Waals surface area contributed by atoms with Gasteiger partial charge in [0.15, 0.2) is 0 Å². The minimum Gasteiger partial charge on any atom is -0.461 e. The summed E-state index contributed by atoms with van der Waals surface area (Å²) in [6.07, 6.45) is 3.36. The molecule has 1 unspecified atom stereocenters. The molecule has 0 aromatic rings. The van der Waals surface area contributed by atoms with E-state index in [9.17, 15) is 9.59 Å². The van der Waals surface area contributed by atoms with Gasteiger partial charge >= 0.3 is 5.97 Å². The molecule has 0 bridgehead atoms. The lowest BCUT2D eigenvalue weighted by atomic mass is 10.3. The van der Waals surface area contributed by atoms with E-state index in [4.69, 9.17) is 11.6 Å². The van der Waals surface area contributed by atoms with Gasteiger partial charge in [0.25, 0.3) is 0 Å². The number of carbonyl (C=O) groups is 2. The van der Waals surface area contributed by atoms with Gasteiger partial charge in [-0.3, -0.25) is 4.79 Å². The molecule has 0 heterocycles. The maximum absolute atomic E-state index is 10.8. The summed E-state index contributed by atoms with van der Waals surface area (Å²) in [5.74, 6) is -0.179. The lowest BCUT2D eigenvalue weighted by Gasteiger charge is -2.02. The van der Waals surface area contributed by atoms with Crippen LogP contribution < -0.4 is 5.32 Å². The Balaban J connectivity index is 3.68. The van der Waals surface area contributed by atoms with E-state index in [1.807, 2.05) is 0 Å². The highest BCUT2D eigenvalue weighted by Gasteiger charge is 1.97. The van der Waals surface area contributed by atoms with Crippen molar-refractivity contribution in [2.45, 2.75) is 13.0 Å². The van der Waals surface area contributed by atoms with Gasteiger partial charge in [0.05, 0.1) is 5.88 Å². The Morgan fingerprint density at radius 3 is 2.92 bits per heavy atom. The number of amides is 1. The summed E-state index contributed by atoms with van der Waals surface area (Å²) in [4.78, 5) is 20.8. The Hall–Kier alpha value is -1.03. The molecule has 0 aliphatic carbocycles. The fourth-order valence-corrected chi connectivity index (χ4v) is 0.650. The number of alkyl halides is 1. The molecule has 0 fully saturated rings. The molecule has 74 valence electrons. The van der Waals surface area contributed by atoms with Gasteiger partial charge in [0, 0.05) is 12.1 Å². The van der Waals surface area contributed by atoms with Crippen molar-refractivity contribution in [3.8, 4) is 0 Å². The predicted octanol–water partition coefficient (Wildman–Crippen LogP) is 0.459. The number of nitrogens with one attached hydrogen (secondary N) is 1. The average Bonchev–Trinajstić information content (AvgIpc) is 2.12. The summed E-state index contributed by atoms with van der Waals surface area (Å²) < 4.78 is 4.65. The van der Waals surface area contributed by atoms with Gasteiger partial charge in [-0.2, -0.15) is 0 Å². The zero-order valence-corrected chi connectivity index (χ0v) is 8.08. The molecule has 0 aliphatic rings. The van der Waals surface area contributed by atoms with Crippen LogP contribution in [0.25, 0.3) is 0 Å². The SMILES string of the molecule is CC(/C=C/C(=O)OCCCl)NC=O. The molecule has 4 nitrogen and oxygen atoms in total. The Kier molecular flexibility index (Phi) is 7.01. The summed E-state index contributed by atoms with van der Waals surface area (Å²) in [7, 11) is 0. The highest BCUT2D eigenvalue weighted by atomic mass is 35.5. The minimum absolute atomic E-state index is 0.180. The molecule has 1 N–H and O–H groups in total. The lowest BCUT2D eigenvalue weighted by Crippen LogP contribution is -2.22. The second-order valence-electron chi connectivity index (χ2n) is 2.29. The second kappa shape index (κ2) is 7.61. The van der Waals surface area contributed by atoms with Crippen LogP contribution in [0.4, 0.5) is 0 Å². The van der Waals surface area contributed by atoms with Crippen molar-refractivity contribution in [2.75, 3.05) is 12.5 Å². The number of rotatable bonds is 6. The summed E-state index contributed by atoms with van der Waals surface area (Å²) in [5, 5.41) is 2.46. The van der Waals surface area contributed by atoms with Gasteiger partial charge in [0.2, 0.25) is 6.41 Å². The number of carbonyl (C=O) groups excluding carboxylic acids is 2. The van der Waals surface area contributed by atoms with Gasteiger partial charge < -0.3 is 10.1 Å². The Bertz CT molecular complexity index is 194. The molecule has 5 heteroatoms. The first-order chi connectivity index (χ1) is 6.20. The van der Waals surface area contributed by atoms with E-state index >= 15 is 0 Å². The van der Waals surface area contributed by atoms with Crippen molar-refractivity contribution in [1.82, 2.24) is 5.32 Å². The summed E-state index contributed by atoms with van der Waals surface area (Å²) in [6, 6.07) is -0.180. The molecule has 0 aliphatic heterocycles. The maximum Gasteiger partial charge on any atom is 0.330 e. The van der Waals surface area contributed by atoms with Crippen molar-refractivity contribution in [1.29, 1.82) is 0 Å². The summed E-state index contributed by atoms with van der Waals surface area (Å²) in [5.41, 5.74) is 0. The molecule has 1 amide bonds. The van der Waals surface area contributed by atoms with E-state index in [0.717, 1.165) is 0 Å². The fourth-order valence-electron chi connectivity index (χ4n) is 0.573. The third-order valence-corrected chi connectivity index (χ3v) is 1.33. The third kappa shape index (κ3) is 7.33. The van der Waals surface area contributed by atoms with Gasteiger partial charge in [-0.15, -0.1) is 11.6 Å². The molecule has 0 saturated heterocycles. The molecule has 0 aromatic carbocycles. The van der Waals surface area contributed by atoms with E-state index in [-0.39, 0.29) is 18.5 Å². The minimum atomic E-state index is -0.458.